The lowest BCUT2D eigenvalue weighted by Crippen LogP contribution is -1.94. The number of nitrogens with zero attached hydrogens (tertiary/aromatic N) is 1. The van der Waals surface area contributed by atoms with Crippen molar-refractivity contribution >= 4 is 6.21 Å². The predicted molar refractivity (Wildman–Crippen MR) is 30.1 cm³/mol. The number of oxime groups is 1. The third-order valence-corrected chi connectivity index (χ3v) is 0.346. The van der Waals surface area contributed by atoms with Gasteiger partial charge >= 0.3 is 0 Å². The van der Waals surface area contributed by atoms with E-state index in [1.54, 1.807) is 0 Å². The van der Waals surface area contributed by atoms with Crippen molar-refractivity contribution in [1.82, 2.24) is 0 Å². The molecule has 0 bridgehead atoms. The summed E-state index contributed by atoms with van der Waals surface area (Å²) in [6, 6.07) is 0. The summed E-state index contributed by atoms with van der Waals surface area (Å²) in [6.45, 7) is 7.16. The van der Waals surface area contributed by atoms with Crippen molar-refractivity contribution in [2.75, 3.05) is 0 Å². The fourth-order valence-electron chi connectivity index (χ4n) is 0.165. The predicted octanol–water partition coefficient (Wildman–Crippen LogP) is 1.23. The Morgan fingerprint density at radius 2 is 2.29 bits per heavy atom. The van der Waals surface area contributed by atoms with Gasteiger partial charge in [-0.1, -0.05) is 5.16 Å². The summed E-state index contributed by atoms with van der Waals surface area (Å²) in [6.07, 6.45) is 1.54. The fraction of sp³-hybridized carbons (Fsp3) is 0.600. The van der Waals surface area contributed by atoms with Crippen molar-refractivity contribution in [2.24, 2.45) is 5.16 Å². The van der Waals surface area contributed by atoms with E-state index in [1.165, 1.54) is 6.21 Å². The highest BCUT2D eigenvalue weighted by molar-refractivity contribution is 5.60. The van der Waals surface area contributed by atoms with E-state index in [0.29, 0.717) is 0 Å². The van der Waals surface area contributed by atoms with Crippen molar-refractivity contribution in [2.45, 2.75) is 20.0 Å². The molecule has 0 saturated carbocycles. The van der Waals surface area contributed by atoms with Crippen LogP contribution in [0.1, 0.15) is 13.8 Å². The summed E-state index contributed by atoms with van der Waals surface area (Å²) in [5, 5.41) is 3.44. The van der Waals surface area contributed by atoms with Gasteiger partial charge in [0.25, 0.3) is 0 Å². The van der Waals surface area contributed by atoms with Gasteiger partial charge in [-0.25, -0.2) is 0 Å². The van der Waals surface area contributed by atoms with Crippen molar-refractivity contribution in [3.8, 4) is 0 Å². The van der Waals surface area contributed by atoms with Gasteiger partial charge in [0.05, 0.1) is 0 Å². The second-order valence-electron chi connectivity index (χ2n) is 1.44. The smallest absolute Gasteiger partial charge is 0.121 e. The van der Waals surface area contributed by atoms with Crippen LogP contribution in [-0.2, 0) is 4.84 Å². The van der Waals surface area contributed by atoms with Gasteiger partial charge in [0, 0.05) is 6.21 Å². The highest BCUT2D eigenvalue weighted by Crippen LogP contribution is 1.84. The van der Waals surface area contributed by atoms with Crippen molar-refractivity contribution in [3.05, 3.63) is 6.92 Å². The van der Waals surface area contributed by atoms with Crippen molar-refractivity contribution < 1.29 is 4.84 Å². The van der Waals surface area contributed by atoms with Crippen LogP contribution in [0.2, 0.25) is 0 Å². The second kappa shape index (κ2) is 3.65. The van der Waals surface area contributed by atoms with Crippen molar-refractivity contribution in [1.29, 1.82) is 0 Å². The normalized spacial score (nSPS) is 10.9. The maximum Gasteiger partial charge on any atom is 0.121 e. The third-order valence-electron chi connectivity index (χ3n) is 0.346. The standard InChI is InChI=1S/C5H10NO/c1-4-6-7-5(2)3/h4-5H,1H2,2-3H3. The first-order valence-electron chi connectivity index (χ1n) is 2.24. The molecular weight excluding hydrogens is 90.1 g/mol. The molecule has 1 radical (unpaired) electrons. The van der Waals surface area contributed by atoms with E-state index >= 15 is 0 Å². The average molecular weight is 100 g/mol. The Kier molecular flexibility index (Phi) is 3.38. The Hall–Kier alpha value is -0.530. The lowest BCUT2D eigenvalue weighted by Gasteiger charge is -1.97. The van der Waals surface area contributed by atoms with E-state index in [2.05, 4.69) is 12.1 Å². The van der Waals surface area contributed by atoms with Crippen LogP contribution in [0.15, 0.2) is 5.16 Å². The zero-order chi connectivity index (χ0) is 5.70. The highest BCUT2D eigenvalue weighted by Gasteiger charge is 1.84. The molecule has 0 aromatic heterocycles. The quantitative estimate of drug-likeness (QED) is 0.378. The molecular formula is C5H10NO. The minimum atomic E-state index is 0.165. The largest absolute Gasteiger partial charge is 0.393 e. The minimum Gasteiger partial charge on any atom is -0.393 e. The SMILES string of the molecule is [CH2]C=NOC(C)C. The molecule has 2 nitrogen and oxygen atoms in total. The van der Waals surface area contributed by atoms with Crippen LogP contribution in [0.5, 0.6) is 0 Å². The van der Waals surface area contributed by atoms with E-state index < -0.39 is 0 Å². The lowest BCUT2D eigenvalue weighted by molar-refractivity contribution is 0.0874. The van der Waals surface area contributed by atoms with E-state index in [9.17, 15) is 0 Å². The molecule has 0 rings (SSSR count). The summed E-state index contributed by atoms with van der Waals surface area (Å²) in [5.74, 6) is 0. The van der Waals surface area contributed by atoms with Crippen LogP contribution in [0.25, 0.3) is 0 Å². The van der Waals surface area contributed by atoms with Crippen LogP contribution >= 0.6 is 0 Å². The molecule has 2 heteroatoms. The van der Waals surface area contributed by atoms with Gasteiger partial charge in [0.15, 0.2) is 0 Å². The fourth-order valence-corrected chi connectivity index (χ4v) is 0.165. The van der Waals surface area contributed by atoms with E-state index in [0.717, 1.165) is 0 Å². The Morgan fingerprint density at radius 1 is 1.71 bits per heavy atom. The number of hydrogen-bond donors (Lipinski definition) is 0. The van der Waals surface area contributed by atoms with Crippen LogP contribution in [0.4, 0.5) is 0 Å². The summed E-state index contributed by atoms with van der Waals surface area (Å²) in [7, 11) is 0. The van der Waals surface area contributed by atoms with Gasteiger partial charge < -0.3 is 4.84 Å². The van der Waals surface area contributed by atoms with Gasteiger partial charge in [-0.05, 0) is 20.8 Å². The molecule has 7 heavy (non-hydrogen) atoms. The Bertz CT molecular complexity index is 59.1. The monoisotopic (exact) mass is 100 g/mol. The molecule has 0 aliphatic rings. The van der Waals surface area contributed by atoms with E-state index in [-0.39, 0.29) is 6.10 Å². The number of hydrogen-bond acceptors (Lipinski definition) is 2. The van der Waals surface area contributed by atoms with Crippen LogP contribution in [-0.4, -0.2) is 12.3 Å². The Balaban J connectivity index is 2.97. The van der Waals surface area contributed by atoms with Gasteiger partial charge in [0.2, 0.25) is 0 Å². The molecule has 0 aliphatic carbocycles. The van der Waals surface area contributed by atoms with Crippen LogP contribution in [0, 0.1) is 6.92 Å². The lowest BCUT2D eigenvalue weighted by atomic mass is 10.5. The summed E-state index contributed by atoms with van der Waals surface area (Å²) in [4.78, 5) is 4.70. The molecule has 0 spiro atoms. The maximum atomic E-state index is 4.70. The molecule has 0 N–H and O–H groups in total. The zero-order valence-electron chi connectivity index (χ0n) is 4.72. The molecule has 0 aromatic carbocycles. The molecule has 0 saturated heterocycles. The van der Waals surface area contributed by atoms with Gasteiger partial charge in [-0.2, -0.15) is 0 Å². The molecule has 0 atom stereocenters. The van der Waals surface area contributed by atoms with Crippen LogP contribution in [0.3, 0.4) is 0 Å². The molecule has 0 amide bonds. The first kappa shape index (κ1) is 6.47. The summed E-state index contributed by atoms with van der Waals surface area (Å²) < 4.78 is 0. The molecule has 0 aliphatic heterocycles. The summed E-state index contributed by atoms with van der Waals surface area (Å²) >= 11 is 0. The molecule has 0 heterocycles. The second-order valence-corrected chi connectivity index (χ2v) is 1.44. The van der Waals surface area contributed by atoms with Gasteiger partial charge in [-0.3, -0.25) is 0 Å². The number of rotatable bonds is 2. The minimum absolute atomic E-state index is 0.165. The van der Waals surface area contributed by atoms with Crippen LogP contribution < -0.4 is 0 Å². The summed E-state index contributed by atoms with van der Waals surface area (Å²) in [5.41, 5.74) is 0. The first-order valence-corrected chi connectivity index (χ1v) is 2.24. The topological polar surface area (TPSA) is 21.6 Å². The van der Waals surface area contributed by atoms with Gasteiger partial charge in [-0.15, -0.1) is 0 Å². The highest BCUT2D eigenvalue weighted by atomic mass is 16.6. The Morgan fingerprint density at radius 3 is 2.43 bits per heavy atom. The van der Waals surface area contributed by atoms with E-state index in [4.69, 9.17) is 4.84 Å². The van der Waals surface area contributed by atoms with E-state index in [1.807, 2.05) is 13.8 Å². The van der Waals surface area contributed by atoms with Gasteiger partial charge in [0.1, 0.15) is 6.10 Å². The zero-order valence-corrected chi connectivity index (χ0v) is 4.72. The molecule has 0 aromatic rings. The van der Waals surface area contributed by atoms with Crippen molar-refractivity contribution in [3.63, 3.8) is 0 Å². The third kappa shape index (κ3) is 5.47. The molecule has 41 valence electrons. The average Bonchev–Trinajstić information content (AvgIpc) is 1.61. The Labute approximate surface area is 44.2 Å². The molecule has 0 unspecified atom stereocenters. The maximum absolute atomic E-state index is 4.70. The molecule has 0 fully saturated rings. The first-order chi connectivity index (χ1) is 3.27.